The Morgan fingerprint density at radius 2 is 1.83 bits per heavy atom. The largest absolute Gasteiger partial charge is 0.300 e. The summed E-state index contributed by atoms with van der Waals surface area (Å²) in [7, 11) is 0. The van der Waals surface area contributed by atoms with Crippen LogP contribution in [0.4, 0.5) is 0 Å². The second kappa shape index (κ2) is 5.65. The van der Waals surface area contributed by atoms with E-state index in [2.05, 4.69) is 4.98 Å². The quantitative estimate of drug-likeness (QED) is 0.553. The minimum Gasteiger partial charge on any atom is -0.300 e. The lowest BCUT2D eigenvalue weighted by atomic mass is 10.2. The van der Waals surface area contributed by atoms with Crippen molar-refractivity contribution in [3.63, 3.8) is 0 Å². The third kappa shape index (κ3) is 2.41. The molecule has 2 heterocycles. The molecule has 0 radical (unpaired) electrons. The molecule has 0 aliphatic rings. The molecular weight excluding hydrogens is 322 g/mol. The van der Waals surface area contributed by atoms with Crippen LogP contribution in [-0.4, -0.2) is 14.0 Å². The Labute approximate surface area is 143 Å². The van der Waals surface area contributed by atoms with E-state index in [1.807, 2.05) is 61.8 Å². The average Bonchev–Trinajstić information content (AvgIpc) is 3.04. The lowest BCUT2D eigenvalue weighted by molar-refractivity contribution is 0.949. The summed E-state index contributed by atoms with van der Waals surface area (Å²) in [6.45, 7) is 1.93. The lowest BCUT2D eigenvalue weighted by Gasteiger charge is -2.07. The van der Waals surface area contributed by atoms with Crippen LogP contribution in [0.15, 0.2) is 71.9 Å². The van der Waals surface area contributed by atoms with Gasteiger partial charge in [-0.3, -0.25) is 9.36 Å². The number of halogens is 1. The van der Waals surface area contributed by atoms with Crippen LogP contribution < -0.4 is 5.56 Å². The SMILES string of the molecule is Cc1ccc(-n2ccn3cc(-c4ccccc4)nc3c2=O)cc1Cl. The van der Waals surface area contributed by atoms with Crippen LogP contribution >= 0.6 is 11.6 Å². The van der Waals surface area contributed by atoms with Crippen LogP contribution in [-0.2, 0) is 0 Å². The smallest absolute Gasteiger partial charge is 0.298 e. The maximum absolute atomic E-state index is 12.8. The van der Waals surface area contributed by atoms with E-state index in [1.165, 1.54) is 0 Å². The molecule has 0 saturated carbocycles. The normalized spacial score (nSPS) is 11.1. The Morgan fingerprint density at radius 1 is 1.04 bits per heavy atom. The van der Waals surface area contributed by atoms with Crippen LogP contribution in [0.3, 0.4) is 0 Å². The topological polar surface area (TPSA) is 39.3 Å². The van der Waals surface area contributed by atoms with Crippen molar-refractivity contribution in [2.24, 2.45) is 0 Å². The number of aryl methyl sites for hydroxylation is 1. The van der Waals surface area contributed by atoms with Gasteiger partial charge in [-0.25, -0.2) is 4.98 Å². The van der Waals surface area contributed by atoms with E-state index >= 15 is 0 Å². The number of nitrogens with zero attached hydrogens (tertiary/aromatic N) is 3. The van der Waals surface area contributed by atoms with Gasteiger partial charge in [-0.2, -0.15) is 0 Å². The molecular formula is C19H14ClN3O. The van der Waals surface area contributed by atoms with E-state index in [0.29, 0.717) is 10.7 Å². The predicted molar refractivity (Wildman–Crippen MR) is 96.0 cm³/mol. The Kier molecular flexibility index (Phi) is 3.47. The number of aromatic nitrogens is 3. The van der Waals surface area contributed by atoms with Gasteiger partial charge in [0.25, 0.3) is 5.56 Å². The molecule has 0 spiro atoms. The number of hydrogen-bond donors (Lipinski definition) is 0. The zero-order chi connectivity index (χ0) is 16.7. The Bertz CT molecular complexity index is 1100. The van der Waals surface area contributed by atoms with E-state index < -0.39 is 0 Å². The summed E-state index contributed by atoms with van der Waals surface area (Å²) in [5, 5.41) is 0.632. The van der Waals surface area contributed by atoms with Crippen molar-refractivity contribution in [2.45, 2.75) is 6.92 Å². The average molecular weight is 336 g/mol. The summed E-state index contributed by atoms with van der Waals surface area (Å²) < 4.78 is 3.30. The second-order valence-electron chi connectivity index (χ2n) is 5.63. The summed E-state index contributed by atoms with van der Waals surface area (Å²) in [5.41, 5.74) is 3.65. The minimum atomic E-state index is -0.181. The zero-order valence-electron chi connectivity index (χ0n) is 13.0. The van der Waals surface area contributed by atoms with Gasteiger partial charge >= 0.3 is 0 Å². The molecule has 0 saturated heterocycles. The van der Waals surface area contributed by atoms with Crippen molar-refractivity contribution in [3.8, 4) is 16.9 Å². The standard InChI is InChI=1S/C19H14ClN3O/c1-13-7-8-15(11-16(13)20)23-10-9-22-12-17(21-18(22)19(23)24)14-5-3-2-4-6-14/h2-12H,1H3. The van der Waals surface area contributed by atoms with Gasteiger partial charge in [0, 0.05) is 29.2 Å². The van der Waals surface area contributed by atoms with Gasteiger partial charge in [0.15, 0.2) is 0 Å². The molecule has 0 N–H and O–H groups in total. The molecule has 4 aromatic rings. The third-order valence-electron chi connectivity index (χ3n) is 4.02. The highest BCUT2D eigenvalue weighted by Gasteiger charge is 2.10. The number of fused-ring (bicyclic) bond motifs is 1. The fourth-order valence-corrected chi connectivity index (χ4v) is 2.84. The van der Waals surface area contributed by atoms with Gasteiger partial charge in [0.2, 0.25) is 5.65 Å². The van der Waals surface area contributed by atoms with E-state index in [1.54, 1.807) is 21.2 Å². The highest BCUT2D eigenvalue weighted by atomic mass is 35.5. The second-order valence-corrected chi connectivity index (χ2v) is 6.04. The summed E-state index contributed by atoms with van der Waals surface area (Å²) in [6, 6.07) is 15.4. The first-order valence-electron chi connectivity index (χ1n) is 7.56. The fraction of sp³-hybridized carbons (Fsp3) is 0.0526. The number of hydrogen-bond acceptors (Lipinski definition) is 2. The molecule has 4 rings (SSSR count). The number of rotatable bonds is 2. The third-order valence-corrected chi connectivity index (χ3v) is 4.43. The molecule has 0 aliphatic carbocycles. The number of imidazole rings is 1. The molecule has 0 bridgehead atoms. The van der Waals surface area contributed by atoms with Crippen molar-refractivity contribution in [2.75, 3.05) is 0 Å². The van der Waals surface area contributed by atoms with Gasteiger partial charge in [-0.1, -0.05) is 48.0 Å². The first-order valence-corrected chi connectivity index (χ1v) is 7.93. The highest BCUT2D eigenvalue weighted by Crippen LogP contribution is 2.20. The van der Waals surface area contributed by atoms with E-state index in [-0.39, 0.29) is 5.56 Å². The molecule has 0 fully saturated rings. The van der Waals surface area contributed by atoms with Crippen LogP contribution in [0.2, 0.25) is 5.02 Å². The summed E-state index contributed by atoms with van der Waals surface area (Å²) in [4.78, 5) is 17.3. The summed E-state index contributed by atoms with van der Waals surface area (Å²) >= 11 is 6.18. The van der Waals surface area contributed by atoms with Crippen LogP contribution in [0.1, 0.15) is 5.56 Å². The number of benzene rings is 2. The highest BCUT2D eigenvalue weighted by molar-refractivity contribution is 6.31. The van der Waals surface area contributed by atoms with Crippen LogP contribution in [0.25, 0.3) is 22.6 Å². The van der Waals surface area contributed by atoms with Gasteiger partial charge in [0.05, 0.1) is 11.4 Å². The molecule has 118 valence electrons. The zero-order valence-corrected chi connectivity index (χ0v) is 13.7. The molecule has 0 aliphatic heterocycles. The van der Waals surface area contributed by atoms with Gasteiger partial charge in [-0.05, 0) is 24.6 Å². The van der Waals surface area contributed by atoms with E-state index in [9.17, 15) is 4.79 Å². The van der Waals surface area contributed by atoms with Crippen molar-refractivity contribution in [1.29, 1.82) is 0 Å². The molecule has 2 aromatic heterocycles. The maximum atomic E-state index is 12.8. The Morgan fingerprint density at radius 3 is 2.58 bits per heavy atom. The summed E-state index contributed by atoms with van der Waals surface area (Å²) in [6.07, 6.45) is 5.41. The predicted octanol–water partition coefficient (Wildman–Crippen LogP) is 4.11. The maximum Gasteiger partial charge on any atom is 0.298 e. The van der Waals surface area contributed by atoms with Crippen molar-refractivity contribution >= 4 is 17.2 Å². The molecule has 2 aromatic carbocycles. The van der Waals surface area contributed by atoms with E-state index in [0.717, 1.165) is 22.5 Å². The molecule has 0 atom stereocenters. The monoisotopic (exact) mass is 335 g/mol. The molecule has 24 heavy (non-hydrogen) atoms. The van der Waals surface area contributed by atoms with Gasteiger partial charge in [0.1, 0.15) is 0 Å². The molecule has 0 unspecified atom stereocenters. The Balaban J connectivity index is 1.89. The van der Waals surface area contributed by atoms with Gasteiger partial charge in [-0.15, -0.1) is 0 Å². The lowest BCUT2D eigenvalue weighted by Crippen LogP contribution is -2.19. The molecule has 5 heteroatoms. The van der Waals surface area contributed by atoms with Gasteiger partial charge < -0.3 is 4.40 Å². The summed E-state index contributed by atoms with van der Waals surface area (Å²) in [5.74, 6) is 0. The molecule has 4 nitrogen and oxygen atoms in total. The van der Waals surface area contributed by atoms with Crippen molar-refractivity contribution < 1.29 is 0 Å². The van der Waals surface area contributed by atoms with Crippen molar-refractivity contribution in [3.05, 3.63) is 88.1 Å². The fourth-order valence-electron chi connectivity index (χ4n) is 2.66. The van der Waals surface area contributed by atoms with Crippen LogP contribution in [0.5, 0.6) is 0 Å². The first kappa shape index (κ1) is 14.7. The minimum absolute atomic E-state index is 0.181. The molecule has 0 amide bonds. The first-order chi connectivity index (χ1) is 11.6. The van der Waals surface area contributed by atoms with Crippen molar-refractivity contribution in [1.82, 2.24) is 14.0 Å². The van der Waals surface area contributed by atoms with E-state index in [4.69, 9.17) is 11.6 Å². The van der Waals surface area contributed by atoms with Crippen LogP contribution in [0, 0.1) is 6.92 Å². The Hall–Kier alpha value is -2.85.